The normalized spacial score (nSPS) is 19.6. The molecule has 1 aromatic heterocycles. The molecule has 3 heteroatoms. The van der Waals surface area contributed by atoms with Crippen LogP contribution < -0.4 is 10.5 Å². The van der Waals surface area contributed by atoms with Gasteiger partial charge in [0.15, 0.2) is 0 Å². The van der Waals surface area contributed by atoms with Crippen LogP contribution in [0.4, 0.5) is 0 Å². The van der Waals surface area contributed by atoms with Crippen LogP contribution >= 0.6 is 0 Å². The van der Waals surface area contributed by atoms with Crippen molar-refractivity contribution in [1.82, 2.24) is 4.98 Å². The Morgan fingerprint density at radius 2 is 1.94 bits per heavy atom. The van der Waals surface area contributed by atoms with E-state index in [9.17, 15) is 0 Å². The quantitative estimate of drug-likeness (QED) is 0.817. The van der Waals surface area contributed by atoms with Gasteiger partial charge in [0, 0.05) is 18.3 Å². The van der Waals surface area contributed by atoms with E-state index in [0.29, 0.717) is 6.10 Å². The van der Waals surface area contributed by atoms with E-state index in [4.69, 9.17) is 10.5 Å². The number of nitrogens with two attached hydrogens (primary N) is 1. The SMILES string of the molecule is C[C@H](N)c1ccc(OC2CCCCCC2)nc1. The van der Waals surface area contributed by atoms with Crippen molar-refractivity contribution in [1.29, 1.82) is 0 Å². The summed E-state index contributed by atoms with van der Waals surface area (Å²) >= 11 is 0. The van der Waals surface area contributed by atoms with Gasteiger partial charge in [-0.1, -0.05) is 18.9 Å². The Morgan fingerprint density at radius 3 is 2.47 bits per heavy atom. The summed E-state index contributed by atoms with van der Waals surface area (Å²) in [6.07, 6.45) is 9.74. The van der Waals surface area contributed by atoms with Gasteiger partial charge in [-0.2, -0.15) is 0 Å². The molecule has 94 valence electrons. The maximum Gasteiger partial charge on any atom is 0.213 e. The van der Waals surface area contributed by atoms with Crippen LogP contribution in [0.2, 0.25) is 0 Å². The van der Waals surface area contributed by atoms with Gasteiger partial charge in [0.1, 0.15) is 6.10 Å². The third kappa shape index (κ3) is 3.70. The summed E-state index contributed by atoms with van der Waals surface area (Å²) in [5.74, 6) is 0.737. The molecule has 2 rings (SSSR count). The molecule has 0 bridgehead atoms. The zero-order valence-corrected chi connectivity index (χ0v) is 10.6. The molecule has 0 saturated heterocycles. The second-order valence-electron chi connectivity index (χ2n) is 4.95. The minimum Gasteiger partial charge on any atom is -0.474 e. The summed E-state index contributed by atoms with van der Waals surface area (Å²) in [4.78, 5) is 4.32. The molecule has 1 aromatic rings. The molecular weight excluding hydrogens is 212 g/mol. The minimum atomic E-state index is 0.0365. The topological polar surface area (TPSA) is 48.1 Å². The van der Waals surface area contributed by atoms with Gasteiger partial charge in [0.05, 0.1) is 0 Å². The maximum atomic E-state index is 5.92. The van der Waals surface area contributed by atoms with E-state index in [0.717, 1.165) is 24.3 Å². The van der Waals surface area contributed by atoms with Crippen molar-refractivity contribution < 1.29 is 4.74 Å². The predicted octanol–water partition coefficient (Wildman–Crippen LogP) is 3.20. The summed E-state index contributed by atoms with van der Waals surface area (Å²) < 4.78 is 5.92. The standard InChI is InChI=1S/C14H22N2O/c1-11(15)12-8-9-14(16-10-12)17-13-6-4-2-3-5-7-13/h8-11,13H,2-7,15H2,1H3/t11-/m0/s1. The average Bonchev–Trinajstić information content (AvgIpc) is 2.58. The average molecular weight is 234 g/mol. The van der Waals surface area contributed by atoms with Crippen LogP contribution in [0.15, 0.2) is 18.3 Å². The van der Waals surface area contributed by atoms with Crippen LogP contribution in [0.3, 0.4) is 0 Å². The fourth-order valence-corrected chi connectivity index (χ4v) is 2.26. The van der Waals surface area contributed by atoms with Crippen molar-refractivity contribution >= 4 is 0 Å². The third-order valence-corrected chi connectivity index (χ3v) is 3.37. The second kappa shape index (κ2) is 6.01. The number of pyridine rings is 1. The highest BCUT2D eigenvalue weighted by Gasteiger charge is 2.14. The van der Waals surface area contributed by atoms with Crippen molar-refractivity contribution in [2.24, 2.45) is 5.73 Å². The number of ether oxygens (including phenoxy) is 1. The Morgan fingerprint density at radius 1 is 1.24 bits per heavy atom. The number of aromatic nitrogens is 1. The molecule has 1 atom stereocenters. The fourth-order valence-electron chi connectivity index (χ4n) is 2.26. The molecule has 0 spiro atoms. The highest BCUT2D eigenvalue weighted by Crippen LogP contribution is 2.22. The summed E-state index contributed by atoms with van der Waals surface area (Å²) in [6, 6.07) is 3.97. The summed E-state index contributed by atoms with van der Waals surface area (Å²) in [5, 5.41) is 0. The molecule has 1 fully saturated rings. The van der Waals surface area contributed by atoms with Crippen molar-refractivity contribution in [2.45, 2.75) is 57.6 Å². The van der Waals surface area contributed by atoms with E-state index in [1.165, 1.54) is 25.7 Å². The highest BCUT2D eigenvalue weighted by atomic mass is 16.5. The molecule has 2 N–H and O–H groups in total. The summed E-state index contributed by atoms with van der Waals surface area (Å²) in [7, 11) is 0. The largest absolute Gasteiger partial charge is 0.474 e. The smallest absolute Gasteiger partial charge is 0.213 e. The number of rotatable bonds is 3. The van der Waals surface area contributed by atoms with Gasteiger partial charge in [-0.3, -0.25) is 0 Å². The maximum absolute atomic E-state index is 5.92. The van der Waals surface area contributed by atoms with Gasteiger partial charge in [-0.15, -0.1) is 0 Å². The van der Waals surface area contributed by atoms with Gasteiger partial charge < -0.3 is 10.5 Å². The van der Waals surface area contributed by atoms with Crippen LogP contribution in [0.1, 0.15) is 57.1 Å². The van der Waals surface area contributed by atoms with E-state index in [1.54, 1.807) is 0 Å². The predicted molar refractivity (Wildman–Crippen MR) is 69.0 cm³/mol. The lowest BCUT2D eigenvalue weighted by Gasteiger charge is -2.16. The van der Waals surface area contributed by atoms with Gasteiger partial charge in [0.2, 0.25) is 5.88 Å². The van der Waals surface area contributed by atoms with E-state index >= 15 is 0 Å². The molecule has 0 aliphatic heterocycles. The Balaban J connectivity index is 1.93. The van der Waals surface area contributed by atoms with Crippen molar-refractivity contribution in [3.63, 3.8) is 0 Å². The molecule has 0 aromatic carbocycles. The number of hydrogen-bond acceptors (Lipinski definition) is 3. The van der Waals surface area contributed by atoms with E-state index in [1.807, 2.05) is 25.3 Å². The molecule has 1 saturated carbocycles. The summed E-state index contributed by atoms with van der Waals surface area (Å²) in [6.45, 7) is 1.96. The van der Waals surface area contributed by atoms with Gasteiger partial charge in [0.25, 0.3) is 0 Å². The van der Waals surface area contributed by atoms with E-state index in [2.05, 4.69) is 4.98 Å². The Bertz CT molecular complexity index is 327. The van der Waals surface area contributed by atoms with Crippen molar-refractivity contribution in [2.75, 3.05) is 0 Å². The molecule has 1 aliphatic rings. The molecular formula is C14H22N2O. The monoisotopic (exact) mass is 234 g/mol. The zero-order chi connectivity index (χ0) is 12.1. The lowest BCUT2D eigenvalue weighted by Crippen LogP contribution is -2.16. The Hall–Kier alpha value is -1.09. The van der Waals surface area contributed by atoms with Crippen LogP contribution in [-0.4, -0.2) is 11.1 Å². The Labute approximate surface area is 103 Å². The molecule has 1 heterocycles. The first-order chi connectivity index (χ1) is 8.25. The van der Waals surface area contributed by atoms with Gasteiger partial charge in [-0.25, -0.2) is 4.98 Å². The minimum absolute atomic E-state index is 0.0365. The Kier molecular flexibility index (Phi) is 4.37. The number of nitrogens with zero attached hydrogens (tertiary/aromatic N) is 1. The first kappa shape index (κ1) is 12.4. The number of hydrogen-bond donors (Lipinski definition) is 1. The molecule has 1 aliphatic carbocycles. The third-order valence-electron chi connectivity index (χ3n) is 3.37. The van der Waals surface area contributed by atoms with Gasteiger partial charge in [-0.05, 0) is 38.2 Å². The molecule has 0 radical (unpaired) electrons. The van der Waals surface area contributed by atoms with Crippen LogP contribution in [-0.2, 0) is 0 Å². The van der Waals surface area contributed by atoms with Crippen molar-refractivity contribution in [3.8, 4) is 5.88 Å². The van der Waals surface area contributed by atoms with Gasteiger partial charge >= 0.3 is 0 Å². The summed E-state index contributed by atoms with van der Waals surface area (Å²) in [5.41, 5.74) is 6.84. The molecule has 3 nitrogen and oxygen atoms in total. The lowest BCUT2D eigenvalue weighted by molar-refractivity contribution is 0.176. The van der Waals surface area contributed by atoms with E-state index in [-0.39, 0.29) is 6.04 Å². The molecule has 0 unspecified atom stereocenters. The second-order valence-corrected chi connectivity index (χ2v) is 4.95. The first-order valence-electron chi connectivity index (χ1n) is 6.64. The van der Waals surface area contributed by atoms with Crippen LogP contribution in [0.25, 0.3) is 0 Å². The van der Waals surface area contributed by atoms with Crippen LogP contribution in [0, 0.1) is 0 Å². The molecule has 17 heavy (non-hydrogen) atoms. The van der Waals surface area contributed by atoms with Crippen molar-refractivity contribution in [3.05, 3.63) is 23.9 Å². The van der Waals surface area contributed by atoms with Crippen LogP contribution in [0.5, 0.6) is 5.88 Å². The first-order valence-corrected chi connectivity index (χ1v) is 6.64. The van der Waals surface area contributed by atoms with E-state index < -0.39 is 0 Å². The highest BCUT2D eigenvalue weighted by molar-refractivity contribution is 5.20. The fraction of sp³-hybridized carbons (Fsp3) is 0.643. The zero-order valence-electron chi connectivity index (χ0n) is 10.6. The molecule has 0 amide bonds. The lowest BCUT2D eigenvalue weighted by atomic mass is 10.1.